The van der Waals surface area contributed by atoms with Gasteiger partial charge in [0.05, 0.1) is 6.04 Å². The molecule has 1 amide bonds. The van der Waals surface area contributed by atoms with Crippen LogP contribution in [0.25, 0.3) is 0 Å². The van der Waals surface area contributed by atoms with E-state index < -0.39 is 6.04 Å². The molecule has 1 aromatic rings. The summed E-state index contributed by atoms with van der Waals surface area (Å²) in [7, 11) is 0. The van der Waals surface area contributed by atoms with Crippen LogP contribution in [0.3, 0.4) is 0 Å². The molecule has 0 bridgehead atoms. The number of halogens is 1. The maximum absolute atomic E-state index is 12.0. The first-order valence-corrected chi connectivity index (χ1v) is 8.91. The second-order valence-electron chi connectivity index (χ2n) is 7.44. The van der Waals surface area contributed by atoms with Gasteiger partial charge in [0.25, 0.3) is 0 Å². The van der Waals surface area contributed by atoms with Crippen molar-refractivity contribution in [1.29, 1.82) is 0 Å². The van der Waals surface area contributed by atoms with Gasteiger partial charge in [-0.15, -0.1) is 0 Å². The summed E-state index contributed by atoms with van der Waals surface area (Å²) in [4.78, 5) is 16.7. The number of piperazine rings is 1. The molecule has 1 aliphatic rings. The van der Waals surface area contributed by atoms with Crippen molar-refractivity contribution in [1.82, 2.24) is 10.2 Å². The first-order chi connectivity index (χ1) is 11.3. The quantitative estimate of drug-likeness (QED) is 0.850. The molecule has 0 unspecified atom stereocenters. The van der Waals surface area contributed by atoms with E-state index in [1.165, 1.54) is 5.69 Å². The monoisotopic (exact) mass is 352 g/mol. The molecule has 2 rings (SSSR count). The zero-order chi connectivity index (χ0) is 17.7. The fourth-order valence-corrected chi connectivity index (χ4v) is 2.93. The molecule has 1 saturated heterocycles. The summed E-state index contributed by atoms with van der Waals surface area (Å²) in [6, 6.07) is 7.50. The standard InChI is InChI=1S/C18H29ClN4O/c1-18(2,3)16(20)17(24)21-7-8-22-9-11-23(12-10-22)15-6-4-5-14(19)13-15/h4-6,13,16H,7-12,20H2,1-3H3,(H,21,24)/t16-/m1/s1. The first kappa shape index (κ1) is 19.0. The van der Waals surface area contributed by atoms with Crippen molar-refractivity contribution in [2.24, 2.45) is 11.1 Å². The second-order valence-corrected chi connectivity index (χ2v) is 7.88. The minimum absolute atomic E-state index is 0.0694. The highest BCUT2D eigenvalue weighted by Gasteiger charge is 2.27. The smallest absolute Gasteiger partial charge is 0.237 e. The van der Waals surface area contributed by atoms with E-state index in [-0.39, 0.29) is 11.3 Å². The fourth-order valence-electron chi connectivity index (χ4n) is 2.74. The van der Waals surface area contributed by atoms with Gasteiger partial charge in [-0.1, -0.05) is 38.4 Å². The van der Waals surface area contributed by atoms with Crippen molar-refractivity contribution in [3.8, 4) is 0 Å². The summed E-state index contributed by atoms with van der Waals surface area (Å²) in [6.07, 6.45) is 0. The van der Waals surface area contributed by atoms with Gasteiger partial charge in [-0.3, -0.25) is 9.69 Å². The molecule has 5 nitrogen and oxygen atoms in total. The Morgan fingerprint density at radius 2 is 1.96 bits per heavy atom. The summed E-state index contributed by atoms with van der Waals surface area (Å²) >= 11 is 6.06. The molecule has 0 aromatic heterocycles. The highest BCUT2D eigenvalue weighted by molar-refractivity contribution is 6.30. The molecule has 24 heavy (non-hydrogen) atoms. The minimum Gasteiger partial charge on any atom is -0.369 e. The van der Waals surface area contributed by atoms with Crippen LogP contribution in [0.1, 0.15) is 20.8 Å². The van der Waals surface area contributed by atoms with Crippen molar-refractivity contribution in [3.63, 3.8) is 0 Å². The predicted molar refractivity (Wildman–Crippen MR) is 101 cm³/mol. The average molecular weight is 353 g/mol. The van der Waals surface area contributed by atoms with Crippen LogP contribution in [0.15, 0.2) is 24.3 Å². The van der Waals surface area contributed by atoms with Crippen molar-refractivity contribution in [2.45, 2.75) is 26.8 Å². The molecular formula is C18H29ClN4O. The zero-order valence-corrected chi connectivity index (χ0v) is 15.6. The van der Waals surface area contributed by atoms with Gasteiger partial charge in [0.2, 0.25) is 5.91 Å². The Hall–Kier alpha value is -1.30. The van der Waals surface area contributed by atoms with E-state index in [2.05, 4.69) is 21.2 Å². The summed E-state index contributed by atoms with van der Waals surface area (Å²) in [5.41, 5.74) is 6.92. The number of carbonyl (C=O) groups is 1. The lowest BCUT2D eigenvalue weighted by molar-refractivity contribution is -0.124. The van der Waals surface area contributed by atoms with Gasteiger partial charge in [-0.05, 0) is 23.6 Å². The highest BCUT2D eigenvalue weighted by atomic mass is 35.5. The molecule has 0 aliphatic carbocycles. The van der Waals surface area contributed by atoms with E-state index in [0.717, 1.165) is 37.7 Å². The predicted octanol–water partition coefficient (Wildman–Crippen LogP) is 1.95. The zero-order valence-electron chi connectivity index (χ0n) is 14.9. The number of benzene rings is 1. The molecule has 0 radical (unpaired) electrons. The lowest BCUT2D eigenvalue weighted by Crippen LogP contribution is -2.52. The normalized spacial score (nSPS) is 17.6. The Labute approximate surface area is 150 Å². The molecule has 134 valence electrons. The molecule has 0 spiro atoms. The maximum Gasteiger partial charge on any atom is 0.237 e. The van der Waals surface area contributed by atoms with Crippen LogP contribution in [0.5, 0.6) is 0 Å². The molecule has 0 saturated carbocycles. The summed E-state index contributed by atoms with van der Waals surface area (Å²) < 4.78 is 0. The van der Waals surface area contributed by atoms with Crippen LogP contribution < -0.4 is 16.0 Å². The number of carbonyl (C=O) groups excluding carboxylic acids is 1. The molecule has 1 fully saturated rings. The van der Waals surface area contributed by atoms with E-state index >= 15 is 0 Å². The van der Waals surface area contributed by atoms with Crippen molar-refractivity contribution in [3.05, 3.63) is 29.3 Å². The van der Waals surface area contributed by atoms with Gasteiger partial charge in [0.1, 0.15) is 0 Å². The van der Waals surface area contributed by atoms with E-state index in [4.69, 9.17) is 17.3 Å². The lowest BCUT2D eigenvalue weighted by Gasteiger charge is -2.36. The second kappa shape index (κ2) is 8.19. The molecule has 1 atom stereocenters. The number of hydrogen-bond donors (Lipinski definition) is 2. The molecule has 1 aromatic carbocycles. The number of nitrogens with zero attached hydrogens (tertiary/aromatic N) is 2. The van der Waals surface area contributed by atoms with Gasteiger partial charge in [-0.2, -0.15) is 0 Å². The summed E-state index contributed by atoms with van der Waals surface area (Å²) in [5, 5.41) is 3.72. The largest absolute Gasteiger partial charge is 0.369 e. The third kappa shape index (κ3) is 5.36. The van der Waals surface area contributed by atoms with Gasteiger partial charge >= 0.3 is 0 Å². The van der Waals surface area contributed by atoms with Gasteiger partial charge in [0, 0.05) is 50.0 Å². The van der Waals surface area contributed by atoms with E-state index in [1.54, 1.807) is 0 Å². The van der Waals surface area contributed by atoms with Crippen LogP contribution in [0.2, 0.25) is 5.02 Å². The van der Waals surface area contributed by atoms with Crippen LogP contribution in [-0.4, -0.2) is 56.1 Å². The van der Waals surface area contributed by atoms with E-state index in [1.807, 2.05) is 39.0 Å². The Morgan fingerprint density at radius 3 is 2.54 bits per heavy atom. The molecule has 1 heterocycles. The van der Waals surface area contributed by atoms with Crippen LogP contribution in [0.4, 0.5) is 5.69 Å². The number of nitrogens with two attached hydrogens (primary N) is 1. The molecular weight excluding hydrogens is 324 g/mol. The summed E-state index contributed by atoms with van der Waals surface area (Å²) in [5.74, 6) is -0.0694. The minimum atomic E-state index is -0.475. The SMILES string of the molecule is CC(C)(C)[C@H](N)C(=O)NCCN1CCN(c2cccc(Cl)c2)CC1. The fraction of sp³-hybridized carbons (Fsp3) is 0.611. The Bertz CT molecular complexity index is 550. The maximum atomic E-state index is 12.0. The van der Waals surface area contributed by atoms with Gasteiger partial charge in [-0.25, -0.2) is 0 Å². The third-order valence-corrected chi connectivity index (χ3v) is 4.72. The third-order valence-electron chi connectivity index (χ3n) is 4.49. The molecule has 6 heteroatoms. The van der Waals surface area contributed by atoms with Gasteiger partial charge < -0.3 is 16.0 Å². The van der Waals surface area contributed by atoms with Crippen LogP contribution in [-0.2, 0) is 4.79 Å². The van der Waals surface area contributed by atoms with E-state index in [0.29, 0.717) is 6.54 Å². The topological polar surface area (TPSA) is 61.6 Å². The Balaban J connectivity index is 1.71. The average Bonchev–Trinajstić information content (AvgIpc) is 2.54. The Kier molecular flexibility index (Phi) is 6.49. The van der Waals surface area contributed by atoms with E-state index in [9.17, 15) is 4.79 Å². The summed E-state index contributed by atoms with van der Waals surface area (Å²) in [6.45, 7) is 11.3. The van der Waals surface area contributed by atoms with Crippen molar-refractivity contribution < 1.29 is 4.79 Å². The first-order valence-electron chi connectivity index (χ1n) is 8.53. The number of hydrogen-bond acceptors (Lipinski definition) is 4. The molecule has 3 N–H and O–H groups in total. The van der Waals surface area contributed by atoms with Crippen molar-refractivity contribution in [2.75, 3.05) is 44.2 Å². The van der Waals surface area contributed by atoms with Crippen LogP contribution >= 0.6 is 11.6 Å². The number of anilines is 1. The van der Waals surface area contributed by atoms with Gasteiger partial charge in [0.15, 0.2) is 0 Å². The molecule has 1 aliphatic heterocycles. The number of amides is 1. The lowest BCUT2D eigenvalue weighted by atomic mass is 9.87. The number of nitrogens with one attached hydrogen (secondary N) is 1. The highest BCUT2D eigenvalue weighted by Crippen LogP contribution is 2.20. The Morgan fingerprint density at radius 1 is 1.29 bits per heavy atom. The number of rotatable bonds is 5. The van der Waals surface area contributed by atoms with Crippen molar-refractivity contribution >= 4 is 23.2 Å². The van der Waals surface area contributed by atoms with Crippen LogP contribution in [0, 0.1) is 5.41 Å².